The van der Waals surface area contributed by atoms with Gasteiger partial charge in [0.15, 0.2) is 9.84 Å². The Bertz CT molecular complexity index is 907. The van der Waals surface area contributed by atoms with Crippen LogP contribution in [0.3, 0.4) is 0 Å². The summed E-state index contributed by atoms with van der Waals surface area (Å²) in [6.45, 7) is 4.64. The average molecular weight is 394 g/mol. The van der Waals surface area contributed by atoms with Crippen molar-refractivity contribution in [2.75, 3.05) is 31.8 Å². The number of nitrogens with zero attached hydrogens (tertiary/aromatic N) is 2. The molecule has 1 atom stereocenters. The van der Waals surface area contributed by atoms with Crippen LogP contribution >= 0.6 is 0 Å². The molecule has 1 aromatic carbocycles. The third-order valence-electron chi connectivity index (χ3n) is 5.00. The highest BCUT2D eigenvalue weighted by Crippen LogP contribution is 2.28. The molecule has 1 fully saturated rings. The molecule has 1 aliphatic heterocycles. The number of methoxy groups -OCH3 is 1. The largest absolute Gasteiger partial charge is 0.496 e. The zero-order valence-electron chi connectivity index (χ0n) is 15.9. The van der Waals surface area contributed by atoms with Crippen molar-refractivity contribution in [3.8, 4) is 17.2 Å². The molecule has 0 aliphatic carbocycles. The first-order chi connectivity index (χ1) is 12.8. The number of aliphatic hydroxyl groups excluding tert-OH is 1. The Balaban J connectivity index is 1.81. The van der Waals surface area contributed by atoms with Crippen molar-refractivity contribution in [1.82, 2.24) is 9.88 Å². The summed E-state index contributed by atoms with van der Waals surface area (Å²) in [6, 6.07) is 5.65. The molecule has 1 N–H and O–H groups in total. The Kier molecular flexibility index (Phi) is 5.88. The van der Waals surface area contributed by atoms with Crippen molar-refractivity contribution in [2.24, 2.45) is 0 Å². The number of hydrogen-bond acceptors (Lipinski definition) is 7. The molecule has 7 nitrogen and oxygen atoms in total. The summed E-state index contributed by atoms with van der Waals surface area (Å²) in [4.78, 5) is 6.61. The minimum Gasteiger partial charge on any atom is -0.496 e. The van der Waals surface area contributed by atoms with Gasteiger partial charge in [-0.05, 0) is 44.0 Å². The van der Waals surface area contributed by atoms with Crippen LogP contribution in [0.25, 0.3) is 11.5 Å². The molecule has 0 spiro atoms. The first-order valence-electron chi connectivity index (χ1n) is 8.99. The van der Waals surface area contributed by atoms with E-state index in [2.05, 4.69) is 4.98 Å². The van der Waals surface area contributed by atoms with Gasteiger partial charge < -0.3 is 14.3 Å². The monoisotopic (exact) mass is 394 g/mol. The maximum absolute atomic E-state index is 11.8. The standard InChI is InChI=1S/C19H26N2O5S/c1-13-10-15(4-5-18(13)25-3)19-20-17(14(2)26-19)11-21(7-8-22)16-6-9-27(23,24)12-16/h4-5,10,16,22H,6-9,11-12H2,1-3H3. The van der Waals surface area contributed by atoms with Crippen LogP contribution in [-0.4, -0.2) is 61.2 Å². The molecule has 0 bridgehead atoms. The van der Waals surface area contributed by atoms with Crippen molar-refractivity contribution in [2.45, 2.75) is 32.9 Å². The predicted octanol–water partition coefficient (Wildman–Crippen LogP) is 1.95. The summed E-state index contributed by atoms with van der Waals surface area (Å²) in [7, 11) is -1.36. The van der Waals surface area contributed by atoms with Gasteiger partial charge in [0.2, 0.25) is 5.89 Å². The molecule has 1 saturated heterocycles. The van der Waals surface area contributed by atoms with E-state index in [-0.39, 0.29) is 24.2 Å². The summed E-state index contributed by atoms with van der Waals surface area (Å²) in [5.41, 5.74) is 2.61. The molecule has 27 heavy (non-hydrogen) atoms. The zero-order valence-corrected chi connectivity index (χ0v) is 16.8. The molecule has 8 heteroatoms. The number of hydrogen-bond donors (Lipinski definition) is 1. The van der Waals surface area contributed by atoms with Gasteiger partial charge in [-0.15, -0.1) is 0 Å². The fraction of sp³-hybridized carbons (Fsp3) is 0.526. The molecular weight excluding hydrogens is 368 g/mol. The highest BCUT2D eigenvalue weighted by atomic mass is 32.2. The van der Waals surface area contributed by atoms with E-state index in [1.807, 2.05) is 36.9 Å². The molecule has 0 amide bonds. The number of rotatable bonds is 7. The van der Waals surface area contributed by atoms with Crippen molar-refractivity contribution in [3.63, 3.8) is 0 Å². The Morgan fingerprint density at radius 3 is 2.74 bits per heavy atom. The van der Waals surface area contributed by atoms with Crippen molar-refractivity contribution < 1.29 is 22.7 Å². The summed E-state index contributed by atoms with van der Waals surface area (Å²) in [6.07, 6.45) is 0.587. The van der Waals surface area contributed by atoms with Crippen LogP contribution in [0.4, 0.5) is 0 Å². The van der Waals surface area contributed by atoms with Crippen LogP contribution in [0.15, 0.2) is 22.6 Å². The lowest BCUT2D eigenvalue weighted by Gasteiger charge is -2.26. The minimum absolute atomic E-state index is 0.0298. The Labute approximate surface area is 159 Å². The van der Waals surface area contributed by atoms with E-state index >= 15 is 0 Å². The molecule has 1 aromatic heterocycles. The molecule has 1 unspecified atom stereocenters. The molecule has 2 aromatic rings. The molecule has 0 saturated carbocycles. The van der Waals surface area contributed by atoms with E-state index < -0.39 is 9.84 Å². The summed E-state index contributed by atoms with van der Waals surface area (Å²) < 4.78 is 34.8. The number of oxazole rings is 1. The quantitative estimate of drug-likeness (QED) is 0.767. The van der Waals surface area contributed by atoms with E-state index in [4.69, 9.17) is 9.15 Å². The highest BCUT2D eigenvalue weighted by molar-refractivity contribution is 7.91. The fourth-order valence-corrected chi connectivity index (χ4v) is 5.25. The molecule has 0 radical (unpaired) electrons. The van der Waals surface area contributed by atoms with E-state index in [9.17, 15) is 13.5 Å². The minimum atomic E-state index is -2.99. The Hall–Kier alpha value is -1.90. The van der Waals surface area contributed by atoms with Crippen LogP contribution in [0.1, 0.15) is 23.4 Å². The first kappa shape index (κ1) is 19.9. The third-order valence-corrected chi connectivity index (χ3v) is 6.75. The second-order valence-corrected chi connectivity index (χ2v) is 9.19. The topological polar surface area (TPSA) is 92.9 Å². The van der Waals surface area contributed by atoms with Gasteiger partial charge in [0, 0.05) is 24.7 Å². The Morgan fingerprint density at radius 2 is 2.15 bits per heavy atom. The van der Waals surface area contributed by atoms with E-state index in [1.165, 1.54) is 0 Å². The van der Waals surface area contributed by atoms with E-state index in [0.29, 0.717) is 31.2 Å². The van der Waals surface area contributed by atoms with Gasteiger partial charge in [0.05, 0.1) is 30.9 Å². The number of benzene rings is 1. The molecular formula is C19H26N2O5S. The second-order valence-electron chi connectivity index (χ2n) is 6.96. The Morgan fingerprint density at radius 1 is 1.37 bits per heavy atom. The number of aryl methyl sites for hydroxylation is 2. The smallest absolute Gasteiger partial charge is 0.226 e. The lowest BCUT2D eigenvalue weighted by molar-refractivity contribution is 0.152. The van der Waals surface area contributed by atoms with E-state index in [1.54, 1.807) is 7.11 Å². The SMILES string of the molecule is COc1ccc(-c2nc(CN(CCO)C3CCS(=O)(=O)C3)c(C)o2)cc1C. The van der Waals surface area contributed by atoms with Crippen molar-refractivity contribution in [3.05, 3.63) is 35.2 Å². The van der Waals surface area contributed by atoms with Gasteiger partial charge in [-0.2, -0.15) is 0 Å². The van der Waals surface area contributed by atoms with Gasteiger partial charge in [-0.1, -0.05) is 0 Å². The number of aliphatic hydroxyl groups is 1. The van der Waals surface area contributed by atoms with Gasteiger partial charge in [0.1, 0.15) is 11.5 Å². The van der Waals surface area contributed by atoms with Crippen LogP contribution in [0.5, 0.6) is 5.75 Å². The van der Waals surface area contributed by atoms with Crippen LogP contribution in [0, 0.1) is 13.8 Å². The lowest BCUT2D eigenvalue weighted by Crippen LogP contribution is -2.38. The van der Waals surface area contributed by atoms with Gasteiger partial charge in [-0.25, -0.2) is 13.4 Å². The normalized spacial score (nSPS) is 18.9. The summed E-state index contributed by atoms with van der Waals surface area (Å²) >= 11 is 0. The maximum Gasteiger partial charge on any atom is 0.226 e. The van der Waals surface area contributed by atoms with Crippen molar-refractivity contribution >= 4 is 9.84 Å². The van der Waals surface area contributed by atoms with Crippen LogP contribution in [-0.2, 0) is 16.4 Å². The number of sulfone groups is 1. The van der Waals surface area contributed by atoms with Gasteiger partial charge >= 0.3 is 0 Å². The lowest BCUT2D eigenvalue weighted by atomic mass is 10.1. The van der Waals surface area contributed by atoms with Crippen LogP contribution in [0.2, 0.25) is 0 Å². The fourth-order valence-electron chi connectivity index (χ4n) is 3.48. The molecule has 148 valence electrons. The zero-order chi connectivity index (χ0) is 19.6. The number of ether oxygens (including phenoxy) is 1. The average Bonchev–Trinajstić information content (AvgIpc) is 3.17. The summed E-state index contributed by atoms with van der Waals surface area (Å²) in [5.74, 6) is 2.36. The number of aromatic nitrogens is 1. The van der Waals surface area contributed by atoms with E-state index in [0.717, 1.165) is 22.6 Å². The maximum atomic E-state index is 11.8. The van der Waals surface area contributed by atoms with Gasteiger partial charge in [0.25, 0.3) is 0 Å². The first-order valence-corrected chi connectivity index (χ1v) is 10.8. The van der Waals surface area contributed by atoms with Crippen LogP contribution < -0.4 is 4.74 Å². The highest BCUT2D eigenvalue weighted by Gasteiger charge is 2.32. The van der Waals surface area contributed by atoms with Gasteiger partial charge in [-0.3, -0.25) is 4.90 Å². The molecule has 1 aliphatic rings. The van der Waals surface area contributed by atoms with Crippen molar-refractivity contribution in [1.29, 1.82) is 0 Å². The molecule has 2 heterocycles. The predicted molar refractivity (Wildman–Crippen MR) is 103 cm³/mol. The third kappa shape index (κ3) is 4.51. The second kappa shape index (κ2) is 8.00. The summed E-state index contributed by atoms with van der Waals surface area (Å²) in [5, 5.41) is 9.39. The molecule has 3 rings (SSSR count).